The van der Waals surface area contributed by atoms with Gasteiger partial charge in [-0.2, -0.15) is 0 Å². The van der Waals surface area contributed by atoms with Gasteiger partial charge >= 0.3 is 0 Å². The number of fused-ring (bicyclic) bond motifs is 1. The van der Waals surface area contributed by atoms with Gasteiger partial charge in [0.05, 0.1) is 24.9 Å². The number of hydrogen-bond donors (Lipinski definition) is 0. The highest BCUT2D eigenvalue weighted by atomic mass is 16.5. The predicted octanol–water partition coefficient (Wildman–Crippen LogP) is 3.43. The maximum absolute atomic E-state index is 13.6. The summed E-state index contributed by atoms with van der Waals surface area (Å²) in [4.78, 5) is 34.8. The molecule has 2 aliphatic heterocycles. The first kappa shape index (κ1) is 19.1. The first-order chi connectivity index (χ1) is 15.2. The van der Waals surface area contributed by atoms with Crippen LogP contribution in [0.4, 0.5) is 5.69 Å². The molecule has 0 saturated carbocycles. The van der Waals surface area contributed by atoms with Crippen molar-refractivity contribution < 1.29 is 14.3 Å². The quantitative estimate of drug-likeness (QED) is 0.602. The Hall–Kier alpha value is -3.93. The highest BCUT2D eigenvalue weighted by Crippen LogP contribution is 2.40. The SMILES string of the molecule is COc1ccccc1C1=C(N2CCc3ccccc32)C(=O)N(Cc2ccccn2)C1=O. The predicted molar refractivity (Wildman–Crippen MR) is 117 cm³/mol. The van der Waals surface area contributed by atoms with E-state index in [2.05, 4.69) is 11.1 Å². The normalized spacial score (nSPS) is 15.6. The van der Waals surface area contributed by atoms with Gasteiger partial charge in [0.2, 0.25) is 0 Å². The maximum atomic E-state index is 13.6. The first-order valence-corrected chi connectivity index (χ1v) is 10.2. The lowest BCUT2D eigenvalue weighted by Crippen LogP contribution is -2.34. The minimum atomic E-state index is -0.334. The van der Waals surface area contributed by atoms with Gasteiger partial charge in [0.15, 0.2) is 0 Å². The number of carbonyl (C=O) groups excluding carboxylic acids is 2. The zero-order chi connectivity index (χ0) is 21.4. The van der Waals surface area contributed by atoms with Gasteiger partial charge < -0.3 is 9.64 Å². The average Bonchev–Trinajstić information content (AvgIpc) is 3.34. The standard InChI is InChI=1S/C25H21N3O3/c1-31-21-12-5-3-10-19(21)22-23(27-15-13-17-8-2-4-11-20(17)27)25(30)28(24(22)29)16-18-9-6-7-14-26-18/h2-12,14H,13,15-16H2,1H3. The van der Waals surface area contributed by atoms with Crippen LogP contribution >= 0.6 is 0 Å². The molecule has 0 unspecified atom stereocenters. The molecule has 2 aromatic carbocycles. The number of ether oxygens (including phenoxy) is 1. The van der Waals surface area contributed by atoms with Crippen molar-refractivity contribution >= 4 is 23.1 Å². The van der Waals surface area contributed by atoms with E-state index in [4.69, 9.17) is 4.74 Å². The Kier molecular flexibility index (Phi) is 4.75. The van der Waals surface area contributed by atoms with Crippen LogP contribution in [-0.2, 0) is 22.6 Å². The highest BCUT2D eigenvalue weighted by Gasteiger charge is 2.44. The molecular formula is C25H21N3O3. The molecule has 0 spiro atoms. The van der Waals surface area contributed by atoms with E-state index in [0.29, 0.717) is 34.8 Å². The average molecular weight is 411 g/mol. The van der Waals surface area contributed by atoms with Gasteiger partial charge in [-0.05, 0) is 36.2 Å². The Morgan fingerprint density at radius 3 is 2.52 bits per heavy atom. The maximum Gasteiger partial charge on any atom is 0.278 e. The number of benzene rings is 2. The van der Waals surface area contributed by atoms with E-state index in [0.717, 1.165) is 17.7 Å². The second-order valence-corrected chi connectivity index (χ2v) is 7.47. The van der Waals surface area contributed by atoms with Gasteiger partial charge in [-0.3, -0.25) is 19.5 Å². The van der Waals surface area contributed by atoms with Crippen LogP contribution in [0.3, 0.4) is 0 Å². The summed E-state index contributed by atoms with van der Waals surface area (Å²) in [7, 11) is 1.57. The third-order valence-electron chi connectivity index (χ3n) is 5.72. The van der Waals surface area contributed by atoms with Gasteiger partial charge in [0, 0.05) is 24.0 Å². The van der Waals surface area contributed by atoms with Gasteiger partial charge in [-0.1, -0.05) is 42.5 Å². The van der Waals surface area contributed by atoms with Crippen LogP contribution in [0.1, 0.15) is 16.8 Å². The smallest absolute Gasteiger partial charge is 0.278 e. The number of imide groups is 1. The number of carbonyl (C=O) groups is 2. The molecular weight excluding hydrogens is 390 g/mol. The Balaban J connectivity index is 1.65. The van der Waals surface area contributed by atoms with E-state index >= 15 is 0 Å². The Labute approximate surface area is 180 Å². The number of hydrogen-bond acceptors (Lipinski definition) is 5. The summed E-state index contributed by atoms with van der Waals surface area (Å²) in [6.45, 7) is 0.764. The van der Waals surface area contributed by atoms with Crippen molar-refractivity contribution in [1.82, 2.24) is 9.88 Å². The van der Waals surface area contributed by atoms with Crippen LogP contribution in [0, 0.1) is 0 Å². The number of rotatable bonds is 5. The molecule has 0 saturated heterocycles. The van der Waals surface area contributed by atoms with E-state index in [1.807, 2.05) is 59.5 Å². The molecule has 5 rings (SSSR count). The molecule has 0 aliphatic carbocycles. The molecule has 0 atom stereocenters. The molecule has 1 aromatic heterocycles. The topological polar surface area (TPSA) is 62.7 Å². The van der Waals surface area contributed by atoms with E-state index in [-0.39, 0.29) is 18.4 Å². The molecule has 0 radical (unpaired) electrons. The lowest BCUT2D eigenvalue weighted by molar-refractivity contribution is -0.137. The van der Waals surface area contributed by atoms with Crippen molar-refractivity contribution in [2.45, 2.75) is 13.0 Å². The van der Waals surface area contributed by atoms with Crippen molar-refractivity contribution in [2.75, 3.05) is 18.6 Å². The molecule has 31 heavy (non-hydrogen) atoms. The second kappa shape index (κ2) is 7.72. The molecule has 3 heterocycles. The Morgan fingerprint density at radius 2 is 1.71 bits per heavy atom. The van der Waals surface area contributed by atoms with Crippen LogP contribution in [0.2, 0.25) is 0 Å². The first-order valence-electron chi connectivity index (χ1n) is 10.2. The number of aromatic nitrogens is 1. The van der Waals surface area contributed by atoms with Crippen molar-refractivity contribution in [3.8, 4) is 5.75 Å². The number of amides is 2. The van der Waals surface area contributed by atoms with Gasteiger partial charge in [0.1, 0.15) is 11.4 Å². The monoisotopic (exact) mass is 411 g/mol. The lowest BCUT2D eigenvalue weighted by Gasteiger charge is -2.22. The van der Waals surface area contributed by atoms with Crippen LogP contribution in [0.5, 0.6) is 5.75 Å². The van der Waals surface area contributed by atoms with E-state index < -0.39 is 0 Å². The molecule has 0 N–H and O–H groups in total. The van der Waals surface area contributed by atoms with Crippen molar-refractivity contribution in [2.24, 2.45) is 0 Å². The van der Waals surface area contributed by atoms with Crippen LogP contribution in [0.25, 0.3) is 5.57 Å². The summed E-state index contributed by atoms with van der Waals surface area (Å²) in [5, 5.41) is 0. The van der Waals surface area contributed by atoms with Gasteiger partial charge in [-0.15, -0.1) is 0 Å². The lowest BCUT2D eigenvalue weighted by atomic mass is 10.0. The minimum absolute atomic E-state index is 0.121. The number of methoxy groups -OCH3 is 1. The third-order valence-corrected chi connectivity index (χ3v) is 5.72. The summed E-state index contributed by atoms with van der Waals surface area (Å²) in [6, 6.07) is 20.8. The van der Waals surface area contributed by atoms with Crippen molar-refractivity contribution in [3.05, 3.63) is 95.4 Å². The summed E-state index contributed by atoms with van der Waals surface area (Å²) in [6.07, 6.45) is 2.48. The molecule has 2 amide bonds. The van der Waals surface area contributed by atoms with Crippen LogP contribution in [0.15, 0.2) is 78.6 Å². The van der Waals surface area contributed by atoms with Gasteiger partial charge in [0.25, 0.3) is 11.8 Å². The van der Waals surface area contributed by atoms with Crippen molar-refractivity contribution in [1.29, 1.82) is 0 Å². The fourth-order valence-electron chi connectivity index (χ4n) is 4.28. The number of pyridine rings is 1. The van der Waals surface area contributed by atoms with E-state index in [9.17, 15) is 9.59 Å². The molecule has 0 fully saturated rings. The fraction of sp³-hybridized carbons (Fsp3) is 0.160. The summed E-state index contributed by atoms with van der Waals surface area (Å²) in [5.41, 5.74) is 4.17. The van der Waals surface area contributed by atoms with Gasteiger partial charge in [-0.25, -0.2) is 0 Å². The Bertz CT molecular complexity index is 1200. The van der Waals surface area contributed by atoms with Crippen LogP contribution in [-0.4, -0.2) is 35.4 Å². The van der Waals surface area contributed by atoms with Crippen LogP contribution < -0.4 is 9.64 Å². The highest BCUT2D eigenvalue weighted by molar-refractivity contribution is 6.37. The summed E-state index contributed by atoms with van der Waals surface area (Å²) < 4.78 is 5.53. The fourth-order valence-corrected chi connectivity index (χ4v) is 4.28. The number of para-hydroxylation sites is 2. The van der Waals surface area contributed by atoms with E-state index in [1.165, 1.54) is 4.90 Å². The second-order valence-electron chi connectivity index (χ2n) is 7.47. The number of nitrogens with zero attached hydrogens (tertiary/aromatic N) is 3. The summed E-state index contributed by atoms with van der Waals surface area (Å²) >= 11 is 0. The molecule has 6 heteroatoms. The zero-order valence-electron chi connectivity index (χ0n) is 17.1. The molecule has 154 valence electrons. The van der Waals surface area contributed by atoms with E-state index in [1.54, 1.807) is 19.4 Å². The molecule has 2 aliphatic rings. The largest absolute Gasteiger partial charge is 0.496 e. The minimum Gasteiger partial charge on any atom is -0.496 e. The summed E-state index contributed by atoms with van der Waals surface area (Å²) in [5.74, 6) is -0.0869. The van der Waals surface area contributed by atoms with Crippen molar-refractivity contribution in [3.63, 3.8) is 0 Å². The Morgan fingerprint density at radius 1 is 0.935 bits per heavy atom. The molecule has 0 bridgehead atoms. The molecule has 6 nitrogen and oxygen atoms in total. The zero-order valence-corrected chi connectivity index (χ0v) is 17.1. The number of anilines is 1. The molecule has 3 aromatic rings. The third kappa shape index (κ3) is 3.17.